The standard InChI is InChI=1S/C14H20N2O/c1-3-16(7-6-15)10-13-9-12-8-11(2)4-5-14(12)17-13/h4-5,8-9H,3,6-7,10,15H2,1-2H3. The molecule has 0 spiro atoms. The van der Waals surface area contributed by atoms with Gasteiger partial charge in [0.25, 0.3) is 0 Å². The first-order valence-corrected chi connectivity index (χ1v) is 6.14. The first kappa shape index (κ1) is 12.1. The van der Waals surface area contributed by atoms with E-state index in [2.05, 4.69) is 36.9 Å². The summed E-state index contributed by atoms with van der Waals surface area (Å²) >= 11 is 0. The summed E-state index contributed by atoms with van der Waals surface area (Å²) in [6, 6.07) is 8.39. The number of nitrogens with zero attached hydrogens (tertiary/aromatic N) is 1. The van der Waals surface area contributed by atoms with Gasteiger partial charge in [-0.05, 0) is 31.7 Å². The van der Waals surface area contributed by atoms with E-state index in [9.17, 15) is 0 Å². The Bertz CT molecular complexity index is 490. The van der Waals surface area contributed by atoms with Crippen LogP contribution < -0.4 is 5.73 Å². The van der Waals surface area contributed by atoms with E-state index in [1.807, 2.05) is 6.07 Å². The van der Waals surface area contributed by atoms with Gasteiger partial charge in [0.1, 0.15) is 11.3 Å². The van der Waals surface area contributed by atoms with Crippen molar-refractivity contribution < 1.29 is 4.42 Å². The lowest BCUT2D eigenvalue weighted by atomic mass is 10.2. The normalized spacial score (nSPS) is 11.5. The lowest BCUT2D eigenvalue weighted by Crippen LogP contribution is -2.28. The third kappa shape index (κ3) is 2.87. The Kier molecular flexibility index (Phi) is 3.82. The molecule has 3 nitrogen and oxygen atoms in total. The van der Waals surface area contributed by atoms with Crippen molar-refractivity contribution in [2.45, 2.75) is 20.4 Å². The van der Waals surface area contributed by atoms with Gasteiger partial charge >= 0.3 is 0 Å². The minimum Gasteiger partial charge on any atom is -0.460 e. The molecule has 0 atom stereocenters. The largest absolute Gasteiger partial charge is 0.460 e. The van der Waals surface area contributed by atoms with Gasteiger partial charge in [-0.15, -0.1) is 0 Å². The molecular weight excluding hydrogens is 212 g/mol. The Morgan fingerprint density at radius 3 is 2.82 bits per heavy atom. The van der Waals surface area contributed by atoms with E-state index in [1.54, 1.807) is 0 Å². The Morgan fingerprint density at radius 2 is 2.12 bits per heavy atom. The lowest BCUT2D eigenvalue weighted by molar-refractivity contribution is 0.266. The molecule has 92 valence electrons. The van der Waals surface area contributed by atoms with Crippen LogP contribution in [0.1, 0.15) is 18.2 Å². The van der Waals surface area contributed by atoms with Crippen molar-refractivity contribution in [3.63, 3.8) is 0 Å². The summed E-state index contributed by atoms with van der Waals surface area (Å²) in [6.07, 6.45) is 0. The number of rotatable bonds is 5. The first-order chi connectivity index (χ1) is 8.22. The van der Waals surface area contributed by atoms with Crippen molar-refractivity contribution in [1.29, 1.82) is 0 Å². The maximum atomic E-state index is 5.82. The van der Waals surface area contributed by atoms with E-state index in [0.717, 1.165) is 31.0 Å². The number of aryl methyl sites for hydroxylation is 1. The summed E-state index contributed by atoms with van der Waals surface area (Å²) in [4.78, 5) is 2.28. The number of furan rings is 1. The number of hydrogen-bond donors (Lipinski definition) is 1. The van der Waals surface area contributed by atoms with Gasteiger partial charge in [0.2, 0.25) is 0 Å². The third-order valence-electron chi connectivity index (χ3n) is 2.99. The summed E-state index contributed by atoms with van der Waals surface area (Å²) in [5, 5.41) is 1.18. The average molecular weight is 232 g/mol. The maximum Gasteiger partial charge on any atom is 0.134 e. The Balaban J connectivity index is 2.18. The van der Waals surface area contributed by atoms with E-state index in [-0.39, 0.29) is 0 Å². The average Bonchev–Trinajstić information content (AvgIpc) is 2.69. The van der Waals surface area contributed by atoms with E-state index in [1.165, 1.54) is 10.9 Å². The fourth-order valence-corrected chi connectivity index (χ4v) is 2.05. The fourth-order valence-electron chi connectivity index (χ4n) is 2.05. The van der Waals surface area contributed by atoms with Crippen LogP contribution >= 0.6 is 0 Å². The second-order valence-corrected chi connectivity index (χ2v) is 4.41. The summed E-state index contributed by atoms with van der Waals surface area (Å²) in [5.74, 6) is 1.01. The molecule has 2 aromatic rings. The second kappa shape index (κ2) is 5.34. The number of benzene rings is 1. The first-order valence-electron chi connectivity index (χ1n) is 6.14. The number of fused-ring (bicyclic) bond motifs is 1. The van der Waals surface area contributed by atoms with Crippen molar-refractivity contribution in [3.05, 3.63) is 35.6 Å². The molecule has 0 bridgehead atoms. The molecule has 0 saturated heterocycles. The van der Waals surface area contributed by atoms with Gasteiger partial charge < -0.3 is 10.2 Å². The molecule has 0 aliphatic carbocycles. The number of hydrogen-bond acceptors (Lipinski definition) is 3. The molecule has 0 amide bonds. The van der Waals surface area contributed by atoms with E-state index in [4.69, 9.17) is 10.2 Å². The molecule has 2 rings (SSSR count). The van der Waals surface area contributed by atoms with Gasteiger partial charge in [-0.25, -0.2) is 0 Å². The van der Waals surface area contributed by atoms with Crippen LogP contribution in [0.4, 0.5) is 0 Å². The van der Waals surface area contributed by atoms with Gasteiger partial charge in [0.05, 0.1) is 6.54 Å². The minimum absolute atomic E-state index is 0.688. The molecular formula is C14H20N2O. The minimum atomic E-state index is 0.688. The smallest absolute Gasteiger partial charge is 0.134 e. The summed E-state index contributed by atoms with van der Waals surface area (Å²) in [7, 11) is 0. The van der Waals surface area contributed by atoms with Crippen molar-refractivity contribution in [3.8, 4) is 0 Å². The van der Waals surface area contributed by atoms with E-state index >= 15 is 0 Å². The molecule has 0 aliphatic rings. The van der Waals surface area contributed by atoms with Crippen molar-refractivity contribution in [2.24, 2.45) is 5.73 Å². The fraction of sp³-hybridized carbons (Fsp3) is 0.429. The molecule has 0 unspecified atom stereocenters. The van der Waals surface area contributed by atoms with Gasteiger partial charge in [0.15, 0.2) is 0 Å². The van der Waals surface area contributed by atoms with Crippen molar-refractivity contribution >= 4 is 11.0 Å². The molecule has 17 heavy (non-hydrogen) atoms. The van der Waals surface area contributed by atoms with Crippen LogP contribution in [-0.4, -0.2) is 24.5 Å². The van der Waals surface area contributed by atoms with Crippen molar-refractivity contribution in [1.82, 2.24) is 4.90 Å². The van der Waals surface area contributed by atoms with Gasteiger partial charge in [0, 0.05) is 18.5 Å². The molecule has 1 heterocycles. The van der Waals surface area contributed by atoms with Gasteiger partial charge in [-0.1, -0.05) is 18.6 Å². The predicted octanol–water partition coefficient (Wildman–Crippen LogP) is 2.52. The van der Waals surface area contributed by atoms with Crippen LogP contribution in [0.2, 0.25) is 0 Å². The maximum absolute atomic E-state index is 5.82. The second-order valence-electron chi connectivity index (χ2n) is 4.41. The van der Waals surface area contributed by atoms with Gasteiger partial charge in [-0.3, -0.25) is 4.90 Å². The molecule has 1 aromatic heterocycles. The van der Waals surface area contributed by atoms with Crippen molar-refractivity contribution in [2.75, 3.05) is 19.6 Å². The number of nitrogens with two attached hydrogens (primary N) is 1. The molecule has 3 heteroatoms. The van der Waals surface area contributed by atoms with E-state index < -0.39 is 0 Å². The predicted molar refractivity (Wildman–Crippen MR) is 71.0 cm³/mol. The van der Waals surface area contributed by atoms with Crippen LogP contribution in [0, 0.1) is 6.92 Å². The highest BCUT2D eigenvalue weighted by Gasteiger charge is 2.08. The molecule has 1 aromatic carbocycles. The Morgan fingerprint density at radius 1 is 1.29 bits per heavy atom. The molecule has 0 aliphatic heterocycles. The van der Waals surface area contributed by atoms with Crippen LogP contribution in [0.15, 0.2) is 28.7 Å². The highest BCUT2D eigenvalue weighted by atomic mass is 16.3. The number of likely N-dealkylation sites (N-methyl/N-ethyl adjacent to an activating group) is 1. The molecule has 0 fully saturated rings. The Hall–Kier alpha value is -1.32. The van der Waals surface area contributed by atoms with Crippen LogP contribution in [0.5, 0.6) is 0 Å². The summed E-state index contributed by atoms with van der Waals surface area (Å²) in [6.45, 7) is 7.66. The highest BCUT2D eigenvalue weighted by molar-refractivity contribution is 5.78. The molecule has 0 radical (unpaired) electrons. The zero-order chi connectivity index (χ0) is 12.3. The zero-order valence-corrected chi connectivity index (χ0v) is 10.6. The molecule has 0 saturated carbocycles. The van der Waals surface area contributed by atoms with Crippen LogP contribution in [-0.2, 0) is 6.54 Å². The van der Waals surface area contributed by atoms with Crippen LogP contribution in [0.25, 0.3) is 11.0 Å². The van der Waals surface area contributed by atoms with E-state index in [0.29, 0.717) is 6.54 Å². The summed E-state index contributed by atoms with van der Waals surface area (Å²) in [5.41, 5.74) is 7.81. The third-order valence-corrected chi connectivity index (χ3v) is 2.99. The lowest BCUT2D eigenvalue weighted by Gasteiger charge is -2.17. The monoisotopic (exact) mass is 232 g/mol. The van der Waals surface area contributed by atoms with Gasteiger partial charge in [-0.2, -0.15) is 0 Å². The topological polar surface area (TPSA) is 42.4 Å². The quantitative estimate of drug-likeness (QED) is 0.861. The highest BCUT2D eigenvalue weighted by Crippen LogP contribution is 2.21. The molecule has 2 N–H and O–H groups in total. The summed E-state index contributed by atoms with van der Waals surface area (Å²) < 4.78 is 5.82. The zero-order valence-electron chi connectivity index (χ0n) is 10.6. The van der Waals surface area contributed by atoms with Crippen LogP contribution in [0.3, 0.4) is 0 Å². The SMILES string of the molecule is CCN(CCN)Cc1cc2cc(C)ccc2o1. The Labute approximate surface area is 102 Å².